The summed E-state index contributed by atoms with van der Waals surface area (Å²) in [7, 11) is 0. The summed E-state index contributed by atoms with van der Waals surface area (Å²) in [5.74, 6) is -0.281. The first-order valence-electron chi connectivity index (χ1n) is 5.32. The standard InChI is InChI=1S/C14H10BrFNO/c15-13-6-4-11(5-7-13)9-17-18-10-12-2-1-3-14(16)8-12/h1-8H,10H2. The van der Waals surface area contributed by atoms with Crippen molar-refractivity contribution in [2.75, 3.05) is 0 Å². The molecule has 2 aromatic rings. The Balaban J connectivity index is 1.87. The third kappa shape index (κ3) is 3.96. The Morgan fingerprint density at radius 1 is 1.17 bits per heavy atom. The highest BCUT2D eigenvalue weighted by molar-refractivity contribution is 9.10. The van der Waals surface area contributed by atoms with Crippen LogP contribution in [0.3, 0.4) is 0 Å². The van der Waals surface area contributed by atoms with Gasteiger partial charge in [0.1, 0.15) is 18.6 Å². The van der Waals surface area contributed by atoms with Gasteiger partial charge in [-0.15, -0.1) is 0 Å². The van der Waals surface area contributed by atoms with E-state index >= 15 is 0 Å². The fourth-order valence-electron chi connectivity index (χ4n) is 1.34. The van der Waals surface area contributed by atoms with Crippen LogP contribution in [-0.4, -0.2) is 6.21 Å². The largest absolute Gasteiger partial charge is 0.390 e. The van der Waals surface area contributed by atoms with E-state index in [1.165, 1.54) is 12.1 Å². The van der Waals surface area contributed by atoms with Crippen LogP contribution in [0.5, 0.6) is 0 Å². The first-order chi connectivity index (χ1) is 8.74. The van der Waals surface area contributed by atoms with E-state index in [1.54, 1.807) is 12.1 Å². The summed E-state index contributed by atoms with van der Waals surface area (Å²) in [5.41, 5.74) is 1.55. The average molecular weight is 307 g/mol. The van der Waals surface area contributed by atoms with E-state index in [0.29, 0.717) is 0 Å². The van der Waals surface area contributed by atoms with Gasteiger partial charge in [0.15, 0.2) is 0 Å². The van der Waals surface area contributed by atoms with Crippen LogP contribution in [0.1, 0.15) is 11.1 Å². The van der Waals surface area contributed by atoms with Gasteiger partial charge in [-0.2, -0.15) is 0 Å². The zero-order chi connectivity index (χ0) is 12.8. The van der Waals surface area contributed by atoms with E-state index in [-0.39, 0.29) is 12.4 Å². The first-order valence-corrected chi connectivity index (χ1v) is 6.11. The van der Waals surface area contributed by atoms with Gasteiger partial charge in [-0.1, -0.05) is 45.4 Å². The smallest absolute Gasteiger partial charge is 0.142 e. The molecular weight excluding hydrogens is 297 g/mol. The molecule has 2 aromatic carbocycles. The maximum atomic E-state index is 12.9. The van der Waals surface area contributed by atoms with Crippen LogP contribution in [0.2, 0.25) is 0 Å². The Labute approximate surface area is 113 Å². The summed E-state index contributed by atoms with van der Waals surface area (Å²) in [5, 5.41) is 3.71. The van der Waals surface area contributed by atoms with E-state index < -0.39 is 0 Å². The summed E-state index contributed by atoms with van der Waals surface area (Å²) in [6, 6.07) is 13.7. The van der Waals surface area contributed by atoms with Crippen LogP contribution in [-0.2, 0) is 11.4 Å². The van der Waals surface area contributed by atoms with Crippen molar-refractivity contribution in [1.29, 1.82) is 0 Å². The minimum absolute atomic E-state index is 0.224. The molecule has 0 spiro atoms. The molecule has 0 aromatic heterocycles. The van der Waals surface area contributed by atoms with Crippen LogP contribution in [0.15, 0.2) is 58.2 Å². The number of rotatable bonds is 4. The average Bonchev–Trinajstić information content (AvgIpc) is 2.37. The SMILES string of the molecule is Fc1cccc(CO/N=[C]\c2ccc(Br)cc2)c1. The molecular formula is C14H10BrFNO. The second-order valence-electron chi connectivity index (χ2n) is 3.61. The highest BCUT2D eigenvalue weighted by Gasteiger charge is 1.95. The molecule has 0 aliphatic heterocycles. The van der Waals surface area contributed by atoms with E-state index in [2.05, 4.69) is 27.3 Å². The second-order valence-corrected chi connectivity index (χ2v) is 4.53. The molecule has 0 atom stereocenters. The van der Waals surface area contributed by atoms with Crippen molar-refractivity contribution in [3.63, 3.8) is 0 Å². The van der Waals surface area contributed by atoms with Crippen LogP contribution in [0.4, 0.5) is 4.39 Å². The molecule has 4 heteroatoms. The molecule has 0 aliphatic carbocycles. The van der Waals surface area contributed by atoms with Gasteiger partial charge in [-0.3, -0.25) is 0 Å². The first kappa shape index (κ1) is 12.8. The lowest BCUT2D eigenvalue weighted by Crippen LogP contribution is -1.89. The van der Waals surface area contributed by atoms with E-state index in [9.17, 15) is 4.39 Å². The number of nitrogens with zero attached hydrogens (tertiary/aromatic N) is 1. The summed E-state index contributed by atoms with van der Waals surface area (Å²) < 4.78 is 13.9. The number of benzene rings is 2. The molecule has 0 fully saturated rings. The number of hydrogen-bond acceptors (Lipinski definition) is 2. The minimum Gasteiger partial charge on any atom is -0.390 e. The van der Waals surface area contributed by atoms with Gasteiger partial charge < -0.3 is 4.84 Å². The molecule has 0 heterocycles. The Morgan fingerprint density at radius 2 is 1.94 bits per heavy atom. The van der Waals surface area contributed by atoms with Crippen molar-refractivity contribution >= 4 is 22.1 Å². The quantitative estimate of drug-likeness (QED) is 0.617. The summed E-state index contributed by atoms with van der Waals surface area (Å²) >= 11 is 3.34. The maximum absolute atomic E-state index is 12.9. The molecule has 0 saturated carbocycles. The zero-order valence-electron chi connectivity index (χ0n) is 9.44. The zero-order valence-corrected chi connectivity index (χ0v) is 11.0. The molecule has 18 heavy (non-hydrogen) atoms. The molecule has 0 N–H and O–H groups in total. The van der Waals surface area contributed by atoms with Crippen molar-refractivity contribution in [2.45, 2.75) is 6.61 Å². The van der Waals surface area contributed by atoms with Gasteiger partial charge in [-0.25, -0.2) is 4.39 Å². The Morgan fingerprint density at radius 3 is 2.67 bits per heavy atom. The van der Waals surface area contributed by atoms with Gasteiger partial charge in [-0.05, 0) is 29.8 Å². The molecule has 0 amide bonds. The van der Waals surface area contributed by atoms with Crippen LogP contribution in [0, 0.1) is 5.82 Å². The van der Waals surface area contributed by atoms with Crippen LogP contribution < -0.4 is 0 Å². The van der Waals surface area contributed by atoms with Gasteiger partial charge in [0, 0.05) is 10.0 Å². The van der Waals surface area contributed by atoms with Crippen molar-refractivity contribution in [3.05, 3.63) is 69.9 Å². The normalized spacial score (nSPS) is 10.8. The Hall–Kier alpha value is -1.68. The summed E-state index contributed by atoms with van der Waals surface area (Å²) in [6.07, 6.45) is 2.74. The lowest BCUT2D eigenvalue weighted by atomic mass is 10.2. The molecule has 0 saturated heterocycles. The topological polar surface area (TPSA) is 21.6 Å². The van der Waals surface area contributed by atoms with Crippen LogP contribution >= 0.6 is 15.9 Å². The highest BCUT2D eigenvalue weighted by Crippen LogP contribution is 2.09. The van der Waals surface area contributed by atoms with Crippen molar-refractivity contribution in [3.8, 4) is 0 Å². The molecule has 91 valence electrons. The summed E-state index contributed by atoms with van der Waals surface area (Å²) in [6.45, 7) is 0.224. The third-order valence-electron chi connectivity index (χ3n) is 2.20. The second kappa shape index (κ2) is 6.31. The molecule has 2 rings (SSSR count). The van der Waals surface area contributed by atoms with E-state index in [1.807, 2.05) is 24.3 Å². The Bertz CT molecular complexity index is 540. The van der Waals surface area contributed by atoms with Crippen molar-refractivity contribution in [1.82, 2.24) is 0 Å². The molecule has 0 unspecified atom stereocenters. The van der Waals surface area contributed by atoms with Gasteiger partial charge in [0.05, 0.1) is 0 Å². The minimum atomic E-state index is -0.281. The lowest BCUT2D eigenvalue weighted by Gasteiger charge is -1.99. The van der Waals surface area contributed by atoms with Gasteiger partial charge in [0.25, 0.3) is 0 Å². The van der Waals surface area contributed by atoms with E-state index in [0.717, 1.165) is 15.6 Å². The van der Waals surface area contributed by atoms with Crippen molar-refractivity contribution in [2.24, 2.45) is 5.16 Å². The monoisotopic (exact) mass is 306 g/mol. The van der Waals surface area contributed by atoms with Crippen molar-refractivity contribution < 1.29 is 9.23 Å². The molecule has 1 radical (unpaired) electrons. The molecule has 0 aliphatic rings. The van der Waals surface area contributed by atoms with Gasteiger partial charge >= 0.3 is 0 Å². The number of hydrogen-bond donors (Lipinski definition) is 0. The highest BCUT2D eigenvalue weighted by atomic mass is 79.9. The Kier molecular flexibility index (Phi) is 4.47. The fraction of sp³-hybridized carbons (Fsp3) is 0.0714. The maximum Gasteiger partial charge on any atom is 0.142 e. The summed E-state index contributed by atoms with van der Waals surface area (Å²) in [4.78, 5) is 5.04. The fourth-order valence-corrected chi connectivity index (χ4v) is 1.61. The van der Waals surface area contributed by atoms with E-state index in [4.69, 9.17) is 4.84 Å². The number of halogens is 2. The predicted molar refractivity (Wildman–Crippen MR) is 71.9 cm³/mol. The lowest BCUT2D eigenvalue weighted by molar-refractivity contribution is 0.132. The van der Waals surface area contributed by atoms with Gasteiger partial charge in [0.2, 0.25) is 0 Å². The predicted octanol–water partition coefficient (Wildman–Crippen LogP) is 4.02. The molecule has 0 bridgehead atoms. The molecule has 2 nitrogen and oxygen atoms in total. The van der Waals surface area contributed by atoms with Crippen LogP contribution in [0.25, 0.3) is 0 Å². The third-order valence-corrected chi connectivity index (χ3v) is 2.73.